The van der Waals surface area contributed by atoms with Gasteiger partial charge >= 0.3 is 0 Å². The fraction of sp³-hybridized carbons (Fsp3) is 0.409. The molecule has 0 aromatic heterocycles. The number of benzene rings is 2. The Morgan fingerprint density at radius 1 is 1.19 bits per heavy atom. The van der Waals surface area contributed by atoms with Gasteiger partial charge in [-0.25, -0.2) is 5.01 Å². The van der Waals surface area contributed by atoms with Crippen LogP contribution in [0.4, 0.5) is 17.1 Å². The van der Waals surface area contributed by atoms with Crippen molar-refractivity contribution in [3.63, 3.8) is 0 Å². The topological polar surface area (TPSA) is 77.7 Å². The maximum Gasteiger partial charge on any atom is 0.269 e. The Morgan fingerprint density at radius 2 is 1.90 bits per heavy atom. The average molecular weight is 462 g/mol. The summed E-state index contributed by atoms with van der Waals surface area (Å²) in [5.41, 5.74) is 6.58. The zero-order chi connectivity index (χ0) is 21.8. The third-order valence-electron chi connectivity index (χ3n) is 5.81. The quantitative estimate of drug-likeness (QED) is 0.529. The van der Waals surface area contributed by atoms with Crippen molar-refractivity contribution in [2.75, 3.05) is 29.0 Å². The van der Waals surface area contributed by atoms with E-state index in [9.17, 15) is 4.79 Å². The lowest BCUT2D eigenvalue weighted by Gasteiger charge is -2.20. The van der Waals surface area contributed by atoms with Gasteiger partial charge in [0.1, 0.15) is 11.4 Å². The molecule has 0 spiro atoms. The van der Waals surface area contributed by atoms with Crippen molar-refractivity contribution in [2.45, 2.75) is 45.0 Å². The zero-order valence-corrected chi connectivity index (χ0v) is 19.0. The normalized spacial score (nSPS) is 21.0. The number of carbonyl (C=O) groups is 1. The Kier molecular flexibility index (Phi) is 5.07. The first kappa shape index (κ1) is 20.5. The van der Waals surface area contributed by atoms with E-state index in [2.05, 4.69) is 21.4 Å². The minimum Gasteiger partial charge on any atom is -0.486 e. The summed E-state index contributed by atoms with van der Waals surface area (Å²) in [6.45, 7) is 5.80. The van der Waals surface area contributed by atoms with Gasteiger partial charge < -0.3 is 20.7 Å². The molecule has 2 aromatic rings. The van der Waals surface area contributed by atoms with Gasteiger partial charge in [-0.1, -0.05) is 29.3 Å². The molecule has 0 aliphatic carbocycles. The van der Waals surface area contributed by atoms with Crippen LogP contribution in [0.1, 0.15) is 42.6 Å². The van der Waals surface area contributed by atoms with Gasteiger partial charge in [0, 0.05) is 25.1 Å². The standard InChI is InChI=1S/C22H25Cl2N5O2/c1-22(2)11-13-17-16(25-21(26-17)27-18-14(23)6-5-7-15(18)24)10-12(19(13)31-22)20(30)28-29-8-3-4-9-29/h5-7,10,21,25-27H,3-4,8-9,11H2,1-2H3,(H,28,30). The van der Waals surface area contributed by atoms with Crippen LogP contribution in [-0.4, -0.2) is 35.9 Å². The van der Waals surface area contributed by atoms with Gasteiger partial charge in [-0.05, 0) is 44.9 Å². The average Bonchev–Trinajstić information content (AvgIpc) is 3.41. The Bertz CT molecular complexity index is 1030. The van der Waals surface area contributed by atoms with Crippen LogP contribution in [0.5, 0.6) is 5.75 Å². The number of carbonyl (C=O) groups excluding carboxylic acids is 1. The largest absolute Gasteiger partial charge is 0.486 e. The van der Waals surface area contributed by atoms with Crippen molar-refractivity contribution in [1.82, 2.24) is 10.4 Å². The van der Waals surface area contributed by atoms with E-state index in [1.165, 1.54) is 0 Å². The number of halogens is 2. The van der Waals surface area contributed by atoms with E-state index in [-0.39, 0.29) is 17.8 Å². The molecule has 1 saturated heterocycles. The van der Waals surface area contributed by atoms with Crippen LogP contribution in [0, 0.1) is 0 Å². The summed E-state index contributed by atoms with van der Waals surface area (Å²) >= 11 is 12.6. The molecule has 3 heterocycles. The fourth-order valence-corrected chi connectivity index (χ4v) is 4.92. The van der Waals surface area contributed by atoms with Crippen LogP contribution in [0.15, 0.2) is 24.3 Å². The maximum absolute atomic E-state index is 13.1. The van der Waals surface area contributed by atoms with E-state index in [0.29, 0.717) is 33.5 Å². The van der Waals surface area contributed by atoms with E-state index >= 15 is 0 Å². The van der Waals surface area contributed by atoms with Crippen molar-refractivity contribution < 1.29 is 9.53 Å². The molecular formula is C22H25Cl2N5O2. The lowest BCUT2D eigenvalue weighted by Crippen LogP contribution is -2.40. The van der Waals surface area contributed by atoms with Crippen LogP contribution < -0.4 is 26.1 Å². The summed E-state index contributed by atoms with van der Waals surface area (Å²) < 4.78 is 6.22. The molecule has 9 heteroatoms. The molecule has 0 saturated carbocycles. The molecule has 3 aliphatic heterocycles. The predicted octanol–water partition coefficient (Wildman–Crippen LogP) is 4.68. The SMILES string of the molecule is CC1(C)Cc2c3c(cc(C(=O)NN4CCCC4)c2O1)NC(Nc1c(Cl)cccc1Cl)N3. The van der Waals surface area contributed by atoms with E-state index < -0.39 is 0 Å². The first-order chi connectivity index (χ1) is 14.8. The molecular weight excluding hydrogens is 437 g/mol. The maximum atomic E-state index is 13.1. The van der Waals surface area contributed by atoms with Crippen molar-refractivity contribution >= 4 is 46.2 Å². The highest BCUT2D eigenvalue weighted by Gasteiger charge is 2.39. The number of para-hydroxylation sites is 1. The Morgan fingerprint density at radius 3 is 2.61 bits per heavy atom. The summed E-state index contributed by atoms with van der Waals surface area (Å²) in [7, 11) is 0. The van der Waals surface area contributed by atoms with Crippen LogP contribution in [0.25, 0.3) is 0 Å². The van der Waals surface area contributed by atoms with E-state index in [0.717, 1.165) is 42.9 Å². The van der Waals surface area contributed by atoms with Gasteiger partial charge in [0.2, 0.25) is 0 Å². The molecule has 2 aromatic carbocycles. The lowest BCUT2D eigenvalue weighted by atomic mass is 9.97. The number of anilines is 3. The molecule has 1 amide bonds. The molecule has 164 valence electrons. The minimum atomic E-state index is -0.390. The summed E-state index contributed by atoms with van der Waals surface area (Å²) in [4.78, 5) is 13.1. The summed E-state index contributed by atoms with van der Waals surface area (Å²) in [5.74, 6) is 0.497. The van der Waals surface area contributed by atoms with E-state index in [1.807, 2.05) is 24.9 Å². The number of nitrogens with one attached hydrogen (secondary N) is 4. The molecule has 1 fully saturated rings. The third kappa shape index (κ3) is 3.86. The van der Waals surface area contributed by atoms with E-state index in [4.69, 9.17) is 27.9 Å². The molecule has 3 aliphatic rings. The number of fused-ring (bicyclic) bond motifs is 3. The second-order valence-electron chi connectivity index (χ2n) is 8.79. The fourth-order valence-electron chi connectivity index (χ4n) is 4.41. The van der Waals surface area contributed by atoms with Crippen molar-refractivity contribution in [3.05, 3.63) is 45.4 Å². The molecule has 0 radical (unpaired) electrons. The van der Waals surface area contributed by atoms with Gasteiger partial charge in [-0.15, -0.1) is 0 Å². The number of nitrogens with zero attached hydrogens (tertiary/aromatic N) is 1. The predicted molar refractivity (Wildman–Crippen MR) is 124 cm³/mol. The molecule has 5 rings (SSSR count). The Labute approximate surface area is 191 Å². The summed E-state index contributed by atoms with van der Waals surface area (Å²) in [6.07, 6.45) is 2.55. The van der Waals surface area contributed by atoms with Crippen molar-refractivity contribution in [2.24, 2.45) is 0 Å². The number of amides is 1. The Balaban J connectivity index is 1.45. The van der Waals surface area contributed by atoms with Gasteiger partial charge in [0.15, 0.2) is 6.29 Å². The lowest BCUT2D eigenvalue weighted by molar-refractivity contribution is 0.0814. The van der Waals surface area contributed by atoms with Gasteiger partial charge in [-0.3, -0.25) is 10.2 Å². The van der Waals surface area contributed by atoms with Crippen LogP contribution in [0.2, 0.25) is 10.0 Å². The van der Waals surface area contributed by atoms with Crippen LogP contribution in [-0.2, 0) is 6.42 Å². The first-order valence-electron chi connectivity index (χ1n) is 10.5. The highest BCUT2D eigenvalue weighted by atomic mass is 35.5. The molecule has 0 bridgehead atoms. The summed E-state index contributed by atoms with van der Waals surface area (Å²) in [6, 6.07) is 7.22. The molecule has 1 atom stereocenters. The van der Waals surface area contributed by atoms with Gasteiger partial charge in [-0.2, -0.15) is 0 Å². The minimum absolute atomic E-state index is 0.147. The van der Waals surface area contributed by atoms with Gasteiger partial charge in [0.05, 0.1) is 32.7 Å². The monoisotopic (exact) mass is 461 g/mol. The second-order valence-corrected chi connectivity index (χ2v) is 9.61. The number of hydrazine groups is 1. The highest BCUT2D eigenvalue weighted by molar-refractivity contribution is 6.39. The molecule has 31 heavy (non-hydrogen) atoms. The summed E-state index contributed by atoms with van der Waals surface area (Å²) in [5, 5.41) is 13.2. The van der Waals surface area contributed by atoms with Crippen LogP contribution in [0.3, 0.4) is 0 Å². The Hall–Kier alpha value is -2.35. The van der Waals surface area contributed by atoms with Crippen LogP contribution >= 0.6 is 23.2 Å². The molecule has 1 unspecified atom stereocenters. The highest BCUT2D eigenvalue weighted by Crippen LogP contribution is 2.48. The smallest absolute Gasteiger partial charge is 0.269 e. The third-order valence-corrected chi connectivity index (χ3v) is 6.44. The number of rotatable bonds is 4. The second kappa shape index (κ2) is 7.65. The molecule has 7 nitrogen and oxygen atoms in total. The number of hydrogen-bond acceptors (Lipinski definition) is 6. The molecule has 4 N–H and O–H groups in total. The van der Waals surface area contributed by atoms with E-state index in [1.54, 1.807) is 18.2 Å². The zero-order valence-electron chi connectivity index (χ0n) is 17.4. The van der Waals surface area contributed by atoms with Gasteiger partial charge in [0.25, 0.3) is 5.91 Å². The number of hydrogen-bond donors (Lipinski definition) is 4. The number of ether oxygens (including phenoxy) is 1. The van der Waals surface area contributed by atoms with Crippen molar-refractivity contribution in [3.8, 4) is 5.75 Å². The van der Waals surface area contributed by atoms with Crippen molar-refractivity contribution in [1.29, 1.82) is 0 Å². The first-order valence-corrected chi connectivity index (χ1v) is 11.2.